The van der Waals surface area contributed by atoms with Gasteiger partial charge in [0.15, 0.2) is 5.69 Å². The maximum absolute atomic E-state index is 12.6. The van der Waals surface area contributed by atoms with Crippen molar-refractivity contribution < 1.29 is 19.1 Å². The van der Waals surface area contributed by atoms with E-state index in [0.717, 1.165) is 37.1 Å². The van der Waals surface area contributed by atoms with Gasteiger partial charge < -0.3 is 19.6 Å². The third-order valence-corrected chi connectivity index (χ3v) is 5.12. The number of carbonyl (C=O) groups excluding carboxylic acids is 1. The molecule has 1 aliphatic heterocycles. The second-order valence-corrected chi connectivity index (χ2v) is 7.04. The van der Waals surface area contributed by atoms with E-state index >= 15 is 0 Å². The van der Waals surface area contributed by atoms with Crippen LogP contribution >= 0.6 is 0 Å². The third-order valence-electron chi connectivity index (χ3n) is 5.12. The molecule has 1 atom stereocenters. The number of hydrogen-bond acceptors (Lipinski definition) is 6. The van der Waals surface area contributed by atoms with Crippen molar-refractivity contribution in [3.05, 3.63) is 47.7 Å². The summed E-state index contributed by atoms with van der Waals surface area (Å²) in [6.45, 7) is 1.92. The van der Waals surface area contributed by atoms with Gasteiger partial charge in [-0.05, 0) is 25.3 Å². The lowest BCUT2D eigenvalue weighted by Gasteiger charge is -2.19. The lowest BCUT2D eigenvalue weighted by molar-refractivity contribution is 0.0925. The number of nitrogens with one attached hydrogen (secondary N) is 1. The van der Waals surface area contributed by atoms with Crippen LogP contribution < -0.4 is 10.1 Å². The Morgan fingerprint density at radius 1 is 1.46 bits per heavy atom. The highest BCUT2D eigenvalue weighted by molar-refractivity contribution is 5.93. The second kappa shape index (κ2) is 6.74. The number of likely N-dealkylation sites (tertiary alicyclic amines) is 1. The van der Waals surface area contributed by atoms with Crippen LogP contribution in [-0.2, 0) is 12.1 Å². The number of aliphatic hydroxyl groups excluding tert-OH is 1. The van der Waals surface area contributed by atoms with E-state index in [9.17, 15) is 9.90 Å². The normalized spacial score (nSPS) is 21.5. The summed E-state index contributed by atoms with van der Waals surface area (Å²) < 4.78 is 10.9. The van der Waals surface area contributed by atoms with Crippen LogP contribution in [0.5, 0.6) is 5.75 Å². The number of amides is 1. The molecular weight excluding hydrogens is 334 g/mol. The van der Waals surface area contributed by atoms with Crippen LogP contribution in [0.1, 0.15) is 41.2 Å². The van der Waals surface area contributed by atoms with Crippen molar-refractivity contribution in [1.82, 2.24) is 15.2 Å². The number of ether oxygens (including phenoxy) is 1. The largest absolute Gasteiger partial charge is 0.496 e. The maximum atomic E-state index is 12.6. The fourth-order valence-corrected chi connectivity index (χ4v) is 3.54. The zero-order chi connectivity index (χ0) is 18.1. The lowest BCUT2D eigenvalue weighted by Crippen LogP contribution is -2.35. The van der Waals surface area contributed by atoms with E-state index in [1.54, 1.807) is 7.11 Å². The number of aliphatic hydroxyl groups is 1. The Balaban J connectivity index is 1.44. The molecule has 1 saturated carbocycles. The SMILES string of the molecule is COc1ccccc1C1(NC(=O)c2coc(CN3CC[C@H](O)C3)n2)CC1. The summed E-state index contributed by atoms with van der Waals surface area (Å²) in [6.07, 6.45) is 3.61. The number of rotatable bonds is 6. The average molecular weight is 357 g/mol. The van der Waals surface area contributed by atoms with Gasteiger partial charge in [0, 0.05) is 18.7 Å². The quantitative estimate of drug-likeness (QED) is 0.818. The van der Waals surface area contributed by atoms with E-state index in [2.05, 4.69) is 15.2 Å². The van der Waals surface area contributed by atoms with Gasteiger partial charge in [-0.1, -0.05) is 18.2 Å². The van der Waals surface area contributed by atoms with Crippen molar-refractivity contribution in [2.45, 2.75) is 37.5 Å². The molecule has 0 unspecified atom stereocenters. The molecule has 1 saturated heterocycles. The zero-order valence-corrected chi connectivity index (χ0v) is 14.8. The monoisotopic (exact) mass is 357 g/mol. The summed E-state index contributed by atoms with van der Waals surface area (Å²) in [5, 5.41) is 12.7. The van der Waals surface area contributed by atoms with Gasteiger partial charge in [0.1, 0.15) is 12.0 Å². The van der Waals surface area contributed by atoms with Crippen LogP contribution in [0.15, 0.2) is 34.9 Å². The smallest absolute Gasteiger partial charge is 0.273 e. The van der Waals surface area contributed by atoms with Gasteiger partial charge in [0.2, 0.25) is 5.89 Å². The van der Waals surface area contributed by atoms with E-state index in [4.69, 9.17) is 9.15 Å². The van der Waals surface area contributed by atoms with Crippen molar-refractivity contribution in [1.29, 1.82) is 0 Å². The summed E-state index contributed by atoms with van der Waals surface area (Å²) in [4.78, 5) is 19.0. The summed E-state index contributed by atoms with van der Waals surface area (Å²) in [7, 11) is 1.63. The fourth-order valence-electron chi connectivity index (χ4n) is 3.54. The van der Waals surface area contributed by atoms with E-state index in [0.29, 0.717) is 19.0 Å². The number of β-amino-alcohol motifs (C(OH)–C–C–N with tert-alkyl or cyclic N) is 1. The molecule has 0 radical (unpaired) electrons. The number of oxazole rings is 1. The van der Waals surface area contributed by atoms with E-state index in [-0.39, 0.29) is 23.2 Å². The topological polar surface area (TPSA) is 87.8 Å². The molecule has 1 aromatic heterocycles. The van der Waals surface area contributed by atoms with Crippen LogP contribution in [0, 0.1) is 0 Å². The van der Waals surface area contributed by atoms with Crippen LogP contribution in [0.25, 0.3) is 0 Å². The first kappa shape index (κ1) is 17.1. The zero-order valence-electron chi connectivity index (χ0n) is 14.8. The summed E-state index contributed by atoms with van der Waals surface area (Å²) in [5.74, 6) is 1.02. The second-order valence-electron chi connectivity index (χ2n) is 7.04. The molecular formula is C19H23N3O4. The van der Waals surface area contributed by atoms with Crippen LogP contribution in [0.3, 0.4) is 0 Å². The molecule has 4 rings (SSSR count). The van der Waals surface area contributed by atoms with E-state index in [1.165, 1.54) is 6.26 Å². The van der Waals surface area contributed by atoms with Gasteiger partial charge >= 0.3 is 0 Å². The van der Waals surface area contributed by atoms with Crippen molar-refractivity contribution in [3.63, 3.8) is 0 Å². The number of para-hydroxylation sites is 1. The van der Waals surface area contributed by atoms with Gasteiger partial charge in [0.05, 0.1) is 25.3 Å². The van der Waals surface area contributed by atoms with Crippen molar-refractivity contribution in [2.24, 2.45) is 0 Å². The Bertz CT molecular complexity index is 800. The molecule has 1 aromatic carbocycles. The summed E-state index contributed by atoms with van der Waals surface area (Å²) in [5.41, 5.74) is 0.883. The summed E-state index contributed by atoms with van der Waals surface area (Å²) >= 11 is 0. The molecule has 26 heavy (non-hydrogen) atoms. The average Bonchev–Trinajstić information content (AvgIpc) is 3.07. The number of hydrogen-bond donors (Lipinski definition) is 2. The number of benzene rings is 1. The molecule has 7 heteroatoms. The van der Waals surface area contributed by atoms with Crippen LogP contribution in [-0.4, -0.2) is 47.2 Å². The predicted molar refractivity (Wildman–Crippen MR) is 93.8 cm³/mol. The third kappa shape index (κ3) is 3.32. The number of aromatic nitrogens is 1. The van der Waals surface area contributed by atoms with Crippen molar-refractivity contribution in [3.8, 4) is 5.75 Å². The Morgan fingerprint density at radius 2 is 2.27 bits per heavy atom. The van der Waals surface area contributed by atoms with Crippen molar-refractivity contribution in [2.75, 3.05) is 20.2 Å². The molecule has 0 bridgehead atoms. The molecule has 2 aliphatic rings. The molecule has 2 heterocycles. The Hall–Kier alpha value is -2.38. The molecule has 0 spiro atoms. The fraction of sp³-hybridized carbons (Fsp3) is 0.474. The molecule has 1 aliphatic carbocycles. The Morgan fingerprint density at radius 3 is 2.96 bits per heavy atom. The van der Waals surface area contributed by atoms with Gasteiger partial charge in [-0.3, -0.25) is 9.69 Å². The molecule has 138 valence electrons. The minimum absolute atomic E-state index is 0.245. The van der Waals surface area contributed by atoms with Gasteiger partial charge in [0.25, 0.3) is 5.91 Å². The highest BCUT2D eigenvalue weighted by Gasteiger charge is 2.47. The van der Waals surface area contributed by atoms with Crippen LogP contribution in [0.4, 0.5) is 0 Å². The molecule has 2 N–H and O–H groups in total. The Kier molecular flexibility index (Phi) is 4.42. The first-order valence-corrected chi connectivity index (χ1v) is 8.90. The predicted octanol–water partition coefficient (Wildman–Crippen LogP) is 1.67. The Labute approximate surface area is 152 Å². The first-order chi connectivity index (χ1) is 12.6. The number of methoxy groups -OCH3 is 1. The summed E-state index contributed by atoms with van der Waals surface area (Å²) in [6, 6.07) is 7.75. The van der Waals surface area contributed by atoms with Crippen LogP contribution in [0.2, 0.25) is 0 Å². The van der Waals surface area contributed by atoms with Gasteiger partial charge in [-0.2, -0.15) is 0 Å². The molecule has 1 amide bonds. The van der Waals surface area contributed by atoms with E-state index < -0.39 is 0 Å². The van der Waals surface area contributed by atoms with Crippen molar-refractivity contribution >= 4 is 5.91 Å². The molecule has 2 fully saturated rings. The lowest BCUT2D eigenvalue weighted by atomic mass is 10.0. The molecule has 2 aromatic rings. The highest BCUT2D eigenvalue weighted by atomic mass is 16.5. The first-order valence-electron chi connectivity index (χ1n) is 8.90. The minimum atomic E-state index is -0.387. The number of nitrogens with zero attached hydrogens (tertiary/aromatic N) is 2. The minimum Gasteiger partial charge on any atom is -0.496 e. The van der Waals surface area contributed by atoms with E-state index in [1.807, 2.05) is 24.3 Å². The number of carbonyl (C=O) groups is 1. The maximum Gasteiger partial charge on any atom is 0.273 e. The highest BCUT2D eigenvalue weighted by Crippen LogP contribution is 2.48. The van der Waals surface area contributed by atoms with Gasteiger partial charge in [-0.15, -0.1) is 0 Å². The van der Waals surface area contributed by atoms with Gasteiger partial charge in [-0.25, -0.2) is 4.98 Å². The standard InChI is InChI=1S/C19H23N3O4/c1-25-16-5-3-2-4-14(16)19(7-8-19)21-18(24)15-12-26-17(20-15)11-22-9-6-13(23)10-22/h2-5,12-13,23H,6-11H2,1H3,(H,21,24)/t13-/m0/s1. The molecule has 7 nitrogen and oxygen atoms in total.